The lowest BCUT2D eigenvalue weighted by Gasteiger charge is -2.08. The molecule has 0 saturated heterocycles. The number of nitrogens with zero attached hydrogens (tertiary/aromatic N) is 1. The van der Waals surface area contributed by atoms with Gasteiger partial charge in [0.2, 0.25) is 0 Å². The highest BCUT2D eigenvalue weighted by Gasteiger charge is 2.14. The maximum Gasteiger partial charge on any atom is 0.310 e. The van der Waals surface area contributed by atoms with E-state index < -0.39 is 5.97 Å². The molecule has 0 bridgehead atoms. The van der Waals surface area contributed by atoms with Crippen LogP contribution in [0.25, 0.3) is 0 Å². The van der Waals surface area contributed by atoms with Crippen molar-refractivity contribution < 1.29 is 14.6 Å². The van der Waals surface area contributed by atoms with Gasteiger partial charge in [-0.2, -0.15) is 5.26 Å². The van der Waals surface area contributed by atoms with Crippen LogP contribution in [-0.2, 0) is 21.8 Å². The number of hydrogen-bond acceptors (Lipinski definition) is 4. The summed E-state index contributed by atoms with van der Waals surface area (Å²) in [5.74, 6) is -0.466. The van der Waals surface area contributed by atoms with Gasteiger partial charge in [-0.15, -0.1) is 11.6 Å². The zero-order valence-corrected chi connectivity index (χ0v) is 9.41. The van der Waals surface area contributed by atoms with Gasteiger partial charge in [0, 0.05) is 5.56 Å². The minimum atomic E-state index is -0.442. The first kappa shape index (κ1) is 12.3. The molecule has 0 unspecified atom stereocenters. The summed E-state index contributed by atoms with van der Waals surface area (Å²) in [7, 11) is 1.28. The molecule has 0 aliphatic carbocycles. The van der Waals surface area contributed by atoms with Crippen molar-refractivity contribution in [1.82, 2.24) is 0 Å². The highest BCUT2D eigenvalue weighted by molar-refractivity contribution is 6.17. The number of phenolic OH excluding ortho intramolecular Hbond substituents is 1. The summed E-state index contributed by atoms with van der Waals surface area (Å²) >= 11 is 5.63. The predicted molar refractivity (Wildman–Crippen MR) is 58.1 cm³/mol. The highest BCUT2D eigenvalue weighted by atomic mass is 35.5. The van der Waals surface area contributed by atoms with Gasteiger partial charge in [-0.25, -0.2) is 0 Å². The lowest BCUT2D eigenvalue weighted by atomic mass is 10.00. The molecule has 0 saturated carbocycles. The number of nitriles is 1. The van der Waals surface area contributed by atoms with E-state index in [9.17, 15) is 9.90 Å². The smallest absolute Gasteiger partial charge is 0.310 e. The molecule has 0 aromatic heterocycles. The maximum absolute atomic E-state index is 11.1. The number of hydrogen-bond donors (Lipinski definition) is 1. The SMILES string of the molecule is COC(=O)Cc1ccc(O)c(CCl)c1C#N. The molecule has 0 spiro atoms. The fraction of sp³-hybridized carbons (Fsp3) is 0.273. The molecule has 1 aromatic carbocycles. The van der Waals surface area contributed by atoms with Crippen LogP contribution in [0.2, 0.25) is 0 Å². The second-order valence-corrected chi connectivity index (χ2v) is 3.36. The summed E-state index contributed by atoms with van der Waals surface area (Å²) in [6, 6.07) is 4.86. The third kappa shape index (κ3) is 2.44. The number of rotatable bonds is 3. The van der Waals surface area contributed by atoms with Crippen LogP contribution in [0.5, 0.6) is 5.75 Å². The Balaban J connectivity index is 3.21. The van der Waals surface area contributed by atoms with Crippen molar-refractivity contribution in [3.8, 4) is 11.8 Å². The number of alkyl halides is 1. The zero-order chi connectivity index (χ0) is 12.1. The van der Waals surface area contributed by atoms with E-state index in [2.05, 4.69) is 4.74 Å². The molecule has 0 heterocycles. The first-order valence-corrected chi connectivity index (χ1v) is 5.04. The van der Waals surface area contributed by atoms with Crippen LogP contribution in [0.15, 0.2) is 12.1 Å². The summed E-state index contributed by atoms with van der Waals surface area (Å²) in [5.41, 5.74) is 1.08. The van der Waals surface area contributed by atoms with Crippen LogP contribution in [0, 0.1) is 11.3 Å². The summed E-state index contributed by atoms with van der Waals surface area (Å²) in [4.78, 5) is 11.1. The third-order valence-electron chi connectivity index (χ3n) is 2.18. The maximum atomic E-state index is 11.1. The molecule has 0 aliphatic heterocycles. The zero-order valence-electron chi connectivity index (χ0n) is 8.66. The summed E-state index contributed by atoms with van der Waals surface area (Å²) in [6.45, 7) is 0. The summed E-state index contributed by atoms with van der Waals surface area (Å²) < 4.78 is 4.51. The van der Waals surface area contributed by atoms with Gasteiger partial charge < -0.3 is 9.84 Å². The first-order valence-electron chi connectivity index (χ1n) is 4.50. The second-order valence-electron chi connectivity index (χ2n) is 3.10. The van der Waals surface area contributed by atoms with Crippen molar-refractivity contribution in [2.75, 3.05) is 7.11 Å². The van der Waals surface area contributed by atoms with Gasteiger partial charge in [0.25, 0.3) is 0 Å². The topological polar surface area (TPSA) is 70.3 Å². The Bertz CT molecular complexity index is 451. The van der Waals surface area contributed by atoms with E-state index in [4.69, 9.17) is 16.9 Å². The Morgan fingerprint density at radius 2 is 2.31 bits per heavy atom. The number of methoxy groups -OCH3 is 1. The quantitative estimate of drug-likeness (QED) is 0.644. The molecule has 0 fully saturated rings. The van der Waals surface area contributed by atoms with E-state index in [0.29, 0.717) is 11.1 Å². The Hall–Kier alpha value is -1.73. The molecular formula is C11H10ClNO3. The van der Waals surface area contributed by atoms with Crippen LogP contribution in [0.1, 0.15) is 16.7 Å². The molecule has 0 amide bonds. The molecule has 0 atom stereocenters. The largest absolute Gasteiger partial charge is 0.508 e. The molecule has 1 rings (SSSR count). The molecular weight excluding hydrogens is 230 g/mol. The standard InChI is InChI=1S/C11H10ClNO3/c1-16-11(15)4-7-2-3-10(14)8(5-12)9(7)6-13/h2-3,14H,4-5H2,1H3. The van der Waals surface area contributed by atoms with Gasteiger partial charge in [0.05, 0.1) is 31.0 Å². The number of carbonyl (C=O) groups is 1. The molecule has 1 N–H and O–H groups in total. The Morgan fingerprint density at radius 1 is 1.62 bits per heavy atom. The molecule has 5 heteroatoms. The van der Waals surface area contributed by atoms with E-state index in [1.165, 1.54) is 19.2 Å². The van der Waals surface area contributed by atoms with Gasteiger partial charge in [0.15, 0.2) is 0 Å². The molecule has 84 valence electrons. The number of benzene rings is 1. The van der Waals surface area contributed by atoms with Gasteiger partial charge in [0.1, 0.15) is 5.75 Å². The van der Waals surface area contributed by atoms with Crippen molar-refractivity contribution in [1.29, 1.82) is 5.26 Å². The second kappa shape index (κ2) is 5.38. The highest BCUT2D eigenvalue weighted by Crippen LogP contribution is 2.26. The number of ether oxygens (including phenoxy) is 1. The number of phenols is 1. The van der Waals surface area contributed by atoms with Crippen LogP contribution in [0.3, 0.4) is 0 Å². The lowest BCUT2D eigenvalue weighted by molar-refractivity contribution is -0.139. The van der Waals surface area contributed by atoms with Crippen LogP contribution >= 0.6 is 11.6 Å². The number of carbonyl (C=O) groups excluding carboxylic acids is 1. The molecule has 4 nitrogen and oxygen atoms in total. The predicted octanol–water partition coefficient (Wildman–Crippen LogP) is 1.72. The Kier molecular flexibility index (Phi) is 4.15. The molecule has 16 heavy (non-hydrogen) atoms. The number of esters is 1. The van der Waals surface area contributed by atoms with Gasteiger partial charge >= 0.3 is 5.97 Å². The average molecular weight is 240 g/mol. The van der Waals surface area contributed by atoms with E-state index >= 15 is 0 Å². The first-order chi connectivity index (χ1) is 7.63. The number of aromatic hydroxyl groups is 1. The average Bonchev–Trinajstić information content (AvgIpc) is 2.30. The molecule has 1 aromatic rings. The van der Waals surface area contributed by atoms with Gasteiger partial charge in [-0.05, 0) is 11.6 Å². The van der Waals surface area contributed by atoms with Gasteiger partial charge in [-0.3, -0.25) is 4.79 Å². The van der Waals surface area contributed by atoms with Gasteiger partial charge in [-0.1, -0.05) is 6.07 Å². The van der Waals surface area contributed by atoms with Crippen molar-refractivity contribution in [3.05, 3.63) is 28.8 Å². The monoisotopic (exact) mass is 239 g/mol. The van der Waals surface area contributed by atoms with Crippen LogP contribution in [-0.4, -0.2) is 18.2 Å². The van der Waals surface area contributed by atoms with Crippen molar-refractivity contribution in [2.45, 2.75) is 12.3 Å². The van der Waals surface area contributed by atoms with E-state index in [-0.39, 0.29) is 23.6 Å². The fourth-order valence-electron chi connectivity index (χ4n) is 1.33. The summed E-state index contributed by atoms with van der Waals surface area (Å²) in [6.07, 6.45) is -0.0104. The van der Waals surface area contributed by atoms with E-state index in [1.807, 2.05) is 6.07 Å². The minimum absolute atomic E-state index is 0.0104. The van der Waals surface area contributed by atoms with E-state index in [0.717, 1.165) is 0 Å². The minimum Gasteiger partial charge on any atom is -0.508 e. The third-order valence-corrected chi connectivity index (χ3v) is 2.45. The van der Waals surface area contributed by atoms with Crippen molar-refractivity contribution >= 4 is 17.6 Å². The lowest BCUT2D eigenvalue weighted by Crippen LogP contribution is -2.07. The summed E-state index contributed by atoms with van der Waals surface area (Å²) in [5, 5.41) is 18.5. The Morgan fingerprint density at radius 3 is 2.81 bits per heavy atom. The van der Waals surface area contributed by atoms with Crippen LogP contribution < -0.4 is 0 Å². The van der Waals surface area contributed by atoms with E-state index in [1.54, 1.807) is 0 Å². The molecule has 0 aliphatic rings. The fourth-order valence-corrected chi connectivity index (χ4v) is 1.61. The van der Waals surface area contributed by atoms with Crippen LogP contribution in [0.4, 0.5) is 0 Å². The normalized spacial score (nSPS) is 9.56. The van der Waals surface area contributed by atoms with Crippen molar-refractivity contribution in [3.63, 3.8) is 0 Å². The number of halogens is 1. The Labute approximate surface area is 98.0 Å². The molecule has 0 radical (unpaired) electrons. The van der Waals surface area contributed by atoms with Crippen molar-refractivity contribution in [2.24, 2.45) is 0 Å².